The molecule has 0 N–H and O–H groups in total. The maximum atomic E-state index is 11.5. The summed E-state index contributed by atoms with van der Waals surface area (Å²) in [6.07, 6.45) is 7.22. The second kappa shape index (κ2) is 4.21. The summed E-state index contributed by atoms with van der Waals surface area (Å²) < 4.78 is 5.64. The Morgan fingerprint density at radius 2 is 1.62 bits per heavy atom. The number of hydrogen-bond acceptors (Lipinski definition) is 2. The standard InChI is InChI=1S/C13H19ClO2/c14-2-1-12(15)16-13-10-4-8-3-9(6-10)7-11(13)5-8/h8-11,13H,1-7H2. The van der Waals surface area contributed by atoms with Crippen molar-refractivity contribution >= 4 is 17.6 Å². The van der Waals surface area contributed by atoms with Gasteiger partial charge in [0.2, 0.25) is 0 Å². The molecular formula is C13H19ClO2. The van der Waals surface area contributed by atoms with Gasteiger partial charge < -0.3 is 4.74 Å². The third kappa shape index (κ3) is 1.85. The van der Waals surface area contributed by atoms with Crippen molar-refractivity contribution in [1.29, 1.82) is 0 Å². The summed E-state index contributed by atoms with van der Waals surface area (Å²) in [6, 6.07) is 0. The predicted octanol–water partition coefficient (Wildman–Crippen LogP) is 2.98. The zero-order chi connectivity index (χ0) is 11.1. The fourth-order valence-electron chi connectivity index (χ4n) is 4.36. The maximum Gasteiger partial charge on any atom is 0.307 e. The third-order valence-electron chi connectivity index (χ3n) is 4.71. The van der Waals surface area contributed by atoms with E-state index in [1.807, 2.05) is 0 Å². The number of ether oxygens (including phenoxy) is 1. The molecular weight excluding hydrogens is 224 g/mol. The Hall–Kier alpha value is -0.240. The Morgan fingerprint density at radius 3 is 2.12 bits per heavy atom. The minimum absolute atomic E-state index is 0.0903. The second-order valence-electron chi connectivity index (χ2n) is 5.82. The molecule has 0 radical (unpaired) electrons. The Balaban J connectivity index is 1.65. The van der Waals surface area contributed by atoms with Gasteiger partial charge in [-0.2, -0.15) is 0 Å². The summed E-state index contributed by atoms with van der Waals surface area (Å²) in [6.45, 7) is 0. The van der Waals surface area contributed by atoms with Crippen LogP contribution >= 0.6 is 11.6 Å². The molecule has 4 aliphatic rings. The van der Waals surface area contributed by atoms with Crippen LogP contribution in [0.4, 0.5) is 0 Å². The third-order valence-corrected chi connectivity index (χ3v) is 4.90. The van der Waals surface area contributed by atoms with Crippen molar-refractivity contribution in [3.05, 3.63) is 0 Å². The van der Waals surface area contributed by atoms with E-state index in [0.29, 0.717) is 24.1 Å². The molecule has 0 heterocycles. The Kier molecular flexibility index (Phi) is 2.87. The van der Waals surface area contributed by atoms with Gasteiger partial charge in [-0.1, -0.05) is 0 Å². The minimum atomic E-state index is -0.0903. The minimum Gasteiger partial charge on any atom is -0.462 e. The van der Waals surface area contributed by atoms with Gasteiger partial charge in [0.1, 0.15) is 6.10 Å². The molecule has 4 bridgehead atoms. The lowest BCUT2D eigenvalue weighted by atomic mass is 9.55. The van der Waals surface area contributed by atoms with Gasteiger partial charge in [0.15, 0.2) is 0 Å². The zero-order valence-corrected chi connectivity index (χ0v) is 10.3. The van der Waals surface area contributed by atoms with Crippen LogP contribution in [0.5, 0.6) is 0 Å². The van der Waals surface area contributed by atoms with Crippen LogP contribution in [0, 0.1) is 23.7 Å². The average Bonchev–Trinajstić information content (AvgIpc) is 2.23. The van der Waals surface area contributed by atoms with Crippen LogP contribution in [0.15, 0.2) is 0 Å². The van der Waals surface area contributed by atoms with Crippen molar-refractivity contribution in [3.63, 3.8) is 0 Å². The highest BCUT2D eigenvalue weighted by Gasteiger charge is 2.49. The molecule has 4 rings (SSSR count). The van der Waals surface area contributed by atoms with Gasteiger partial charge in [0, 0.05) is 5.88 Å². The van der Waals surface area contributed by atoms with E-state index >= 15 is 0 Å². The Morgan fingerprint density at radius 1 is 1.06 bits per heavy atom. The topological polar surface area (TPSA) is 26.3 Å². The molecule has 0 aliphatic heterocycles. The molecule has 0 atom stereocenters. The number of hydrogen-bond donors (Lipinski definition) is 0. The second-order valence-corrected chi connectivity index (χ2v) is 6.20. The van der Waals surface area contributed by atoms with Crippen LogP contribution in [0.3, 0.4) is 0 Å². The van der Waals surface area contributed by atoms with Gasteiger partial charge >= 0.3 is 5.97 Å². The molecule has 0 aromatic carbocycles. The highest BCUT2D eigenvalue weighted by atomic mass is 35.5. The first kappa shape index (κ1) is 10.9. The highest BCUT2D eigenvalue weighted by molar-refractivity contribution is 6.18. The molecule has 0 spiro atoms. The summed E-state index contributed by atoms with van der Waals surface area (Å²) in [7, 11) is 0. The molecule has 4 aliphatic carbocycles. The Bertz CT molecular complexity index is 262. The van der Waals surface area contributed by atoms with Gasteiger partial charge in [-0.25, -0.2) is 0 Å². The molecule has 3 heteroatoms. The van der Waals surface area contributed by atoms with Gasteiger partial charge in [-0.3, -0.25) is 4.79 Å². The number of carbonyl (C=O) groups excluding carboxylic acids is 1. The van der Waals surface area contributed by atoms with E-state index < -0.39 is 0 Å². The molecule has 2 nitrogen and oxygen atoms in total. The fourth-order valence-corrected chi connectivity index (χ4v) is 4.51. The van der Waals surface area contributed by atoms with Gasteiger partial charge in [0.25, 0.3) is 0 Å². The summed E-state index contributed by atoms with van der Waals surface area (Å²) >= 11 is 5.56. The van der Waals surface area contributed by atoms with Gasteiger partial charge in [-0.15, -0.1) is 11.6 Å². The lowest BCUT2D eigenvalue weighted by Gasteiger charge is -2.53. The quantitative estimate of drug-likeness (QED) is 0.562. The van der Waals surface area contributed by atoms with Crippen molar-refractivity contribution < 1.29 is 9.53 Å². The van der Waals surface area contributed by atoms with E-state index in [1.54, 1.807) is 0 Å². The first-order valence-electron chi connectivity index (χ1n) is 6.51. The monoisotopic (exact) mass is 242 g/mol. The van der Waals surface area contributed by atoms with Crippen LogP contribution in [-0.2, 0) is 9.53 Å². The average molecular weight is 243 g/mol. The lowest BCUT2D eigenvalue weighted by Crippen LogP contribution is -2.50. The van der Waals surface area contributed by atoms with E-state index in [1.165, 1.54) is 32.1 Å². The molecule has 4 saturated carbocycles. The van der Waals surface area contributed by atoms with Gasteiger partial charge in [-0.05, 0) is 55.8 Å². The van der Waals surface area contributed by atoms with Crippen molar-refractivity contribution in [1.82, 2.24) is 0 Å². The van der Waals surface area contributed by atoms with Crippen molar-refractivity contribution in [2.75, 3.05) is 5.88 Å². The predicted molar refractivity (Wildman–Crippen MR) is 62.3 cm³/mol. The summed E-state index contributed by atoms with van der Waals surface area (Å²) in [5.41, 5.74) is 0. The Labute approximate surface area is 102 Å². The van der Waals surface area contributed by atoms with Crippen molar-refractivity contribution in [2.24, 2.45) is 23.7 Å². The molecule has 0 amide bonds. The molecule has 0 unspecified atom stereocenters. The molecule has 0 aromatic rings. The first-order chi connectivity index (χ1) is 7.76. The van der Waals surface area contributed by atoms with Crippen molar-refractivity contribution in [2.45, 2.75) is 44.6 Å². The molecule has 4 fully saturated rings. The smallest absolute Gasteiger partial charge is 0.307 e. The van der Waals surface area contributed by atoms with Crippen LogP contribution in [0.2, 0.25) is 0 Å². The maximum absolute atomic E-state index is 11.5. The van der Waals surface area contributed by atoms with E-state index in [0.717, 1.165) is 11.8 Å². The largest absolute Gasteiger partial charge is 0.462 e. The SMILES string of the molecule is O=C(CCCl)OC1C2CC3CC(C2)CC1C3. The molecule has 0 saturated heterocycles. The van der Waals surface area contributed by atoms with Crippen LogP contribution in [-0.4, -0.2) is 18.0 Å². The van der Waals surface area contributed by atoms with E-state index in [9.17, 15) is 4.79 Å². The van der Waals surface area contributed by atoms with E-state index in [-0.39, 0.29) is 12.1 Å². The molecule has 0 aromatic heterocycles. The lowest BCUT2D eigenvalue weighted by molar-refractivity contribution is -0.170. The first-order valence-corrected chi connectivity index (χ1v) is 7.05. The summed E-state index contributed by atoms with van der Waals surface area (Å²) in [4.78, 5) is 11.5. The highest BCUT2D eigenvalue weighted by Crippen LogP contribution is 2.54. The number of carbonyl (C=O) groups is 1. The molecule has 16 heavy (non-hydrogen) atoms. The number of halogens is 1. The number of esters is 1. The zero-order valence-electron chi connectivity index (χ0n) is 9.53. The van der Waals surface area contributed by atoms with Crippen LogP contribution < -0.4 is 0 Å². The number of rotatable bonds is 3. The van der Waals surface area contributed by atoms with Crippen LogP contribution in [0.1, 0.15) is 38.5 Å². The van der Waals surface area contributed by atoms with Crippen molar-refractivity contribution in [3.8, 4) is 0 Å². The normalized spacial score (nSPS) is 44.7. The van der Waals surface area contributed by atoms with Gasteiger partial charge in [0.05, 0.1) is 6.42 Å². The van der Waals surface area contributed by atoms with Crippen LogP contribution in [0.25, 0.3) is 0 Å². The summed E-state index contributed by atoms with van der Waals surface area (Å²) in [5, 5.41) is 0. The van der Waals surface area contributed by atoms with E-state index in [2.05, 4.69) is 0 Å². The fraction of sp³-hybridized carbons (Fsp3) is 0.923. The van der Waals surface area contributed by atoms with E-state index in [4.69, 9.17) is 16.3 Å². The molecule has 90 valence electrons. The summed E-state index contributed by atoms with van der Waals surface area (Å²) in [5.74, 6) is 3.49. The number of alkyl halides is 1.